The number of hydrogen-bond acceptors (Lipinski definition) is 3. The minimum atomic E-state index is -1.12. The van der Waals surface area contributed by atoms with E-state index in [1.807, 2.05) is 57.2 Å². The van der Waals surface area contributed by atoms with Gasteiger partial charge in [0.05, 0.1) is 5.56 Å². The molecule has 2 N–H and O–H groups in total. The number of rotatable bonds is 10. The third-order valence-electron chi connectivity index (χ3n) is 6.88. The molecule has 0 aliphatic heterocycles. The van der Waals surface area contributed by atoms with E-state index >= 15 is 0 Å². The van der Waals surface area contributed by atoms with Gasteiger partial charge >= 0.3 is 5.97 Å². The molecule has 1 amide bonds. The number of benzene rings is 4. The predicted molar refractivity (Wildman–Crippen MR) is 151 cm³/mol. The maximum atomic E-state index is 13.3. The molecular weight excluding hydrogens is 474 g/mol. The molecule has 0 aliphatic carbocycles. The molecule has 5 nitrogen and oxygen atoms in total. The van der Waals surface area contributed by atoms with Crippen LogP contribution in [0.5, 0.6) is 0 Å². The SMILES string of the molecule is Cc1cccc(CCCC(=O)c2ccc(C)c3c(C(=O)NCCc4cccc(C)c4)ccc(C(=O)O)c23)c1. The molecule has 0 radical (unpaired) electrons. The average molecular weight is 508 g/mol. The van der Waals surface area contributed by atoms with Gasteiger partial charge in [-0.3, -0.25) is 9.59 Å². The van der Waals surface area contributed by atoms with Crippen molar-refractivity contribution >= 4 is 28.4 Å². The van der Waals surface area contributed by atoms with E-state index in [0.717, 1.165) is 23.1 Å². The highest BCUT2D eigenvalue weighted by molar-refractivity contribution is 6.20. The molecule has 38 heavy (non-hydrogen) atoms. The van der Waals surface area contributed by atoms with Gasteiger partial charge in [-0.25, -0.2) is 4.79 Å². The Bertz CT molecular complexity index is 1520. The second-order valence-corrected chi connectivity index (χ2v) is 9.91. The molecule has 0 aromatic heterocycles. The van der Waals surface area contributed by atoms with Crippen molar-refractivity contribution in [2.45, 2.75) is 46.5 Å². The van der Waals surface area contributed by atoms with Gasteiger partial charge in [-0.2, -0.15) is 0 Å². The van der Waals surface area contributed by atoms with Crippen LogP contribution in [-0.2, 0) is 12.8 Å². The van der Waals surface area contributed by atoms with Gasteiger partial charge in [0, 0.05) is 29.5 Å². The van der Waals surface area contributed by atoms with E-state index in [0.29, 0.717) is 41.3 Å². The summed E-state index contributed by atoms with van der Waals surface area (Å²) in [5.74, 6) is -1.53. The van der Waals surface area contributed by atoms with Gasteiger partial charge < -0.3 is 10.4 Å². The molecule has 4 rings (SSSR count). The number of Topliss-reactive ketones (excluding diaryl/α,β-unsaturated/α-hetero) is 1. The quantitative estimate of drug-likeness (QED) is 0.236. The number of nitrogens with one attached hydrogen (secondary N) is 1. The first kappa shape index (κ1) is 26.8. The van der Waals surface area contributed by atoms with E-state index in [1.54, 1.807) is 18.2 Å². The molecule has 0 bridgehead atoms. The van der Waals surface area contributed by atoms with E-state index in [-0.39, 0.29) is 23.7 Å². The summed E-state index contributed by atoms with van der Waals surface area (Å²) in [4.78, 5) is 38.7. The standard InChI is InChI=1S/C33H33NO4/c1-21-7-4-9-24(19-21)11-6-12-29(35)26-14-13-23(3)30-27(15-16-28(31(26)30)33(37)38)32(36)34-18-17-25-10-5-8-22(2)20-25/h4-5,7-10,13-16,19-20H,6,11-12,17-18H2,1-3H3,(H,34,36)(H,37,38). The summed E-state index contributed by atoms with van der Waals surface area (Å²) in [5, 5.41) is 13.8. The van der Waals surface area contributed by atoms with E-state index in [1.165, 1.54) is 17.2 Å². The first-order valence-electron chi connectivity index (χ1n) is 13.0. The zero-order chi connectivity index (χ0) is 27.2. The largest absolute Gasteiger partial charge is 0.478 e. The fourth-order valence-corrected chi connectivity index (χ4v) is 5.01. The molecular formula is C33H33NO4. The summed E-state index contributed by atoms with van der Waals surface area (Å²) in [6, 6.07) is 22.8. The maximum Gasteiger partial charge on any atom is 0.336 e. The number of fused-ring (bicyclic) bond motifs is 1. The minimum absolute atomic E-state index is 0.0297. The van der Waals surface area contributed by atoms with Crippen LogP contribution in [0.1, 0.15) is 71.7 Å². The monoisotopic (exact) mass is 507 g/mol. The summed E-state index contributed by atoms with van der Waals surface area (Å²) in [6.07, 6.45) is 2.39. The fraction of sp³-hybridized carbons (Fsp3) is 0.242. The normalized spacial score (nSPS) is 10.9. The summed E-state index contributed by atoms with van der Waals surface area (Å²) in [7, 11) is 0. The summed E-state index contributed by atoms with van der Waals surface area (Å²) >= 11 is 0. The van der Waals surface area contributed by atoms with Crippen molar-refractivity contribution in [1.29, 1.82) is 0 Å². The molecule has 0 atom stereocenters. The fourth-order valence-electron chi connectivity index (χ4n) is 5.01. The first-order chi connectivity index (χ1) is 18.2. The average Bonchev–Trinajstić information content (AvgIpc) is 2.88. The van der Waals surface area contributed by atoms with E-state index < -0.39 is 5.97 Å². The first-order valence-corrected chi connectivity index (χ1v) is 13.0. The van der Waals surface area contributed by atoms with Crippen molar-refractivity contribution < 1.29 is 19.5 Å². The Morgan fingerprint density at radius 1 is 0.711 bits per heavy atom. The molecule has 4 aromatic carbocycles. The molecule has 0 heterocycles. The number of hydrogen-bond donors (Lipinski definition) is 2. The predicted octanol–water partition coefficient (Wildman–Crippen LogP) is 6.64. The number of carbonyl (C=O) groups is 3. The second kappa shape index (κ2) is 11.9. The topological polar surface area (TPSA) is 83.5 Å². The third kappa shape index (κ3) is 6.17. The Labute approximate surface area is 223 Å². The zero-order valence-electron chi connectivity index (χ0n) is 22.1. The van der Waals surface area contributed by atoms with Crippen LogP contribution in [0.4, 0.5) is 0 Å². The van der Waals surface area contributed by atoms with Gasteiger partial charge in [-0.05, 0) is 74.2 Å². The van der Waals surface area contributed by atoms with Crippen molar-refractivity contribution in [3.05, 3.63) is 117 Å². The zero-order valence-corrected chi connectivity index (χ0v) is 22.1. The van der Waals surface area contributed by atoms with Gasteiger partial charge in [0.15, 0.2) is 5.78 Å². The molecule has 194 valence electrons. The van der Waals surface area contributed by atoms with Crippen LogP contribution in [0.25, 0.3) is 10.8 Å². The van der Waals surface area contributed by atoms with E-state index in [9.17, 15) is 19.5 Å². The van der Waals surface area contributed by atoms with Crippen LogP contribution < -0.4 is 5.32 Å². The van der Waals surface area contributed by atoms with Crippen LogP contribution in [-0.4, -0.2) is 29.3 Å². The maximum absolute atomic E-state index is 13.3. The Hall–Kier alpha value is -4.25. The number of amides is 1. The van der Waals surface area contributed by atoms with Crippen LogP contribution in [0.15, 0.2) is 72.8 Å². The Balaban J connectivity index is 1.60. The molecule has 0 unspecified atom stereocenters. The Morgan fingerprint density at radius 2 is 1.32 bits per heavy atom. The van der Waals surface area contributed by atoms with Crippen LogP contribution in [0.3, 0.4) is 0 Å². The highest BCUT2D eigenvalue weighted by Crippen LogP contribution is 2.31. The number of aryl methyl sites for hydroxylation is 4. The molecule has 0 fully saturated rings. The van der Waals surface area contributed by atoms with Crippen molar-refractivity contribution in [2.24, 2.45) is 0 Å². The number of carboxylic acid groups (broad SMARTS) is 1. The number of carboxylic acids is 1. The molecule has 4 aromatic rings. The molecule has 0 saturated carbocycles. The third-order valence-corrected chi connectivity index (χ3v) is 6.88. The highest BCUT2D eigenvalue weighted by atomic mass is 16.4. The number of ketones is 1. The lowest BCUT2D eigenvalue weighted by molar-refractivity contribution is 0.0698. The van der Waals surface area contributed by atoms with Gasteiger partial charge in [0.2, 0.25) is 0 Å². The Morgan fingerprint density at radius 3 is 1.95 bits per heavy atom. The lowest BCUT2D eigenvalue weighted by Crippen LogP contribution is -2.26. The highest BCUT2D eigenvalue weighted by Gasteiger charge is 2.22. The van der Waals surface area contributed by atoms with Crippen LogP contribution in [0, 0.1) is 20.8 Å². The van der Waals surface area contributed by atoms with E-state index in [2.05, 4.69) is 17.4 Å². The Kier molecular flexibility index (Phi) is 8.37. The summed E-state index contributed by atoms with van der Waals surface area (Å²) in [6.45, 7) is 6.35. The molecule has 5 heteroatoms. The van der Waals surface area contributed by atoms with Gasteiger partial charge in [0.25, 0.3) is 5.91 Å². The van der Waals surface area contributed by atoms with Crippen molar-refractivity contribution in [3.8, 4) is 0 Å². The van der Waals surface area contributed by atoms with Crippen molar-refractivity contribution in [2.75, 3.05) is 6.54 Å². The van der Waals surface area contributed by atoms with Gasteiger partial charge in [-0.1, -0.05) is 71.8 Å². The second-order valence-electron chi connectivity index (χ2n) is 9.91. The van der Waals surface area contributed by atoms with Gasteiger partial charge in [0.1, 0.15) is 0 Å². The van der Waals surface area contributed by atoms with Crippen LogP contribution >= 0.6 is 0 Å². The van der Waals surface area contributed by atoms with Crippen molar-refractivity contribution in [1.82, 2.24) is 5.32 Å². The minimum Gasteiger partial charge on any atom is -0.478 e. The smallest absolute Gasteiger partial charge is 0.336 e. The molecule has 0 saturated heterocycles. The molecule has 0 aliphatic rings. The summed E-state index contributed by atoms with van der Waals surface area (Å²) in [5.41, 5.74) is 6.14. The van der Waals surface area contributed by atoms with Gasteiger partial charge in [-0.15, -0.1) is 0 Å². The molecule has 0 spiro atoms. The summed E-state index contributed by atoms with van der Waals surface area (Å²) < 4.78 is 0. The van der Waals surface area contributed by atoms with E-state index in [4.69, 9.17) is 0 Å². The number of aromatic carboxylic acids is 1. The van der Waals surface area contributed by atoms with Crippen molar-refractivity contribution in [3.63, 3.8) is 0 Å². The number of carbonyl (C=O) groups excluding carboxylic acids is 2. The lowest BCUT2D eigenvalue weighted by atomic mass is 9.89. The van der Waals surface area contributed by atoms with Crippen LogP contribution in [0.2, 0.25) is 0 Å². The lowest BCUT2D eigenvalue weighted by Gasteiger charge is -2.15.